The lowest BCUT2D eigenvalue weighted by atomic mass is 10.0. The first-order chi connectivity index (χ1) is 15.2. The normalized spacial score (nSPS) is 11.8. The molecule has 8 nitrogen and oxygen atoms in total. The molecule has 4 aromatic rings. The third-order valence-corrected chi connectivity index (χ3v) is 6.55. The van der Waals surface area contributed by atoms with Crippen molar-refractivity contribution < 1.29 is 13.2 Å². The summed E-state index contributed by atoms with van der Waals surface area (Å²) in [5.41, 5.74) is 8.57. The summed E-state index contributed by atoms with van der Waals surface area (Å²) in [6.07, 6.45) is 3.08. The molecule has 0 saturated heterocycles. The summed E-state index contributed by atoms with van der Waals surface area (Å²) in [7, 11) is -3.79. The average Bonchev–Trinajstić information content (AvgIpc) is 3.15. The third-order valence-electron chi connectivity index (χ3n) is 5.15. The molecule has 9 heteroatoms. The number of ketones is 1. The topological polar surface area (TPSA) is 120 Å². The van der Waals surface area contributed by atoms with Crippen molar-refractivity contribution in [3.05, 3.63) is 77.7 Å². The molecule has 0 aliphatic heterocycles. The van der Waals surface area contributed by atoms with E-state index in [1.54, 1.807) is 36.5 Å². The Bertz CT molecular complexity index is 1420. The summed E-state index contributed by atoms with van der Waals surface area (Å²) in [6.45, 7) is 5.84. The minimum atomic E-state index is -3.79. The van der Waals surface area contributed by atoms with Gasteiger partial charge in [-0.3, -0.25) is 9.52 Å². The van der Waals surface area contributed by atoms with Gasteiger partial charge in [0.05, 0.1) is 15.8 Å². The Morgan fingerprint density at radius 3 is 2.50 bits per heavy atom. The van der Waals surface area contributed by atoms with Crippen molar-refractivity contribution in [2.75, 3.05) is 10.5 Å². The summed E-state index contributed by atoms with van der Waals surface area (Å²) in [4.78, 5) is 21.8. The molecule has 3 N–H and O–H groups in total. The molecule has 0 atom stereocenters. The number of hydrogen-bond donors (Lipinski definition) is 2. The van der Waals surface area contributed by atoms with Gasteiger partial charge in [-0.05, 0) is 45.0 Å². The predicted molar refractivity (Wildman–Crippen MR) is 124 cm³/mol. The smallest absolute Gasteiger partial charge is 0.261 e. The van der Waals surface area contributed by atoms with E-state index in [1.165, 1.54) is 24.5 Å². The summed E-state index contributed by atoms with van der Waals surface area (Å²) >= 11 is 0. The molecule has 0 bridgehead atoms. The van der Waals surface area contributed by atoms with Crippen molar-refractivity contribution in [3.63, 3.8) is 0 Å². The lowest BCUT2D eigenvalue weighted by molar-refractivity contribution is 0.104. The van der Waals surface area contributed by atoms with Gasteiger partial charge in [-0.25, -0.2) is 18.4 Å². The SMILES string of the molecule is Cc1ccc(S(=O)(=O)Nc2cccc(C(=O)c3cn(C(C)C)c4ncnc(N)c34)c2)cc1. The zero-order chi connectivity index (χ0) is 23.0. The van der Waals surface area contributed by atoms with Gasteiger partial charge in [0.2, 0.25) is 0 Å². The monoisotopic (exact) mass is 449 g/mol. The Labute approximate surface area is 186 Å². The lowest BCUT2D eigenvalue weighted by Gasteiger charge is -2.10. The second kappa shape index (κ2) is 8.08. The van der Waals surface area contributed by atoms with Crippen LogP contribution in [0, 0.1) is 6.92 Å². The zero-order valence-electron chi connectivity index (χ0n) is 17.9. The standard InChI is InChI=1S/C23H23N5O3S/c1-14(2)28-12-19(20-22(24)25-13-26-23(20)28)21(29)16-5-4-6-17(11-16)27-32(30,31)18-9-7-15(3)8-10-18/h4-14,27H,1-3H3,(H2,24,25,26). The van der Waals surface area contributed by atoms with Gasteiger partial charge in [0.15, 0.2) is 5.78 Å². The third kappa shape index (κ3) is 3.94. The first-order valence-electron chi connectivity index (χ1n) is 10.0. The number of rotatable bonds is 6. The highest BCUT2D eigenvalue weighted by atomic mass is 32.2. The molecule has 0 radical (unpaired) electrons. The second-order valence-electron chi connectivity index (χ2n) is 7.83. The molecule has 32 heavy (non-hydrogen) atoms. The number of nitrogens with one attached hydrogen (secondary N) is 1. The van der Waals surface area contributed by atoms with Crippen LogP contribution >= 0.6 is 0 Å². The summed E-state index contributed by atoms with van der Waals surface area (Å²) in [5.74, 6) is -0.0822. The number of hydrogen-bond acceptors (Lipinski definition) is 6. The molecule has 0 fully saturated rings. The van der Waals surface area contributed by atoms with Crippen LogP contribution in [0.25, 0.3) is 11.0 Å². The van der Waals surface area contributed by atoms with Crippen molar-refractivity contribution in [1.29, 1.82) is 0 Å². The van der Waals surface area contributed by atoms with E-state index in [4.69, 9.17) is 5.73 Å². The molecular formula is C23H23N5O3S. The van der Waals surface area contributed by atoms with Crippen LogP contribution in [0.1, 0.15) is 41.4 Å². The van der Waals surface area contributed by atoms with Crippen molar-refractivity contribution in [1.82, 2.24) is 14.5 Å². The highest BCUT2D eigenvalue weighted by Gasteiger charge is 2.22. The molecule has 0 aliphatic rings. The predicted octanol–water partition coefficient (Wildman–Crippen LogP) is 3.93. The zero-order valence-corrected chi connectivity index (χ0v) is 18.7. The maximum Gasteiger partial charge on any atom is 0.261 e. The van der Waals surface area contributed by atoms with Gasteiger partial charge < -0.3 is 10.3 Å². The van der Waals surface area contributed by atoms with Crippen molar-refractivity contribution in [2.24, 2.45) is 0 Å². The van der Waals surface area contributed by atoms with Gasteiger partial charge in [-0.1, -0.05) is 29.8 Å². The first kappa shape index (κ1) is 21.5. The molecule has 0 amide bonds. The molecule has 164 valence electrons. The van der Waals surface area contributed by atoms with Crippen LogP contribution in [0.3, 0.4) is 0 Å². The Morgan fingerprint density at radius 2 is 1.81 bits per heavy atom. The fourth-order valence-electron chi connectivity index (χ4n) is 3.49. The van der Waals surface area contributed by atoms with E-state index in [2.05, 4.69) is 14.7 Å². The van der Waals surface area contributed by atoms with E-state index < -0.39 is 10.0 Å². The fraction of sp³-hybridized carbons (Fsp3) is 0.174. The van der Waals surface area contributed by atoms with Gasteiger partial charge >= 0.3 is 0 Å². The highest BCUT2D eigenvalue weighted by molar-refractivity contribution is 7.92. The number of aryl methyl sites for hydroxylation is 1. The van der Waals surface area contributed by atoms with E-state index in [0.717, 1.165) is 5.56 Å². The molecule has 0 unspecified atom stereocenters. The minimum Gasteiger partial charge on any atom is -0.383 e. The molecular weight excluding hydrogens is 426 g/mol. The maximum absolute atomic E-state index is 13.4. The quantitative estimate of drug-likeness (QED) is 0.430. The van der Waals surface area contributed by atoms with Crippen molar-refractivity contribution >= 4 is 38.3 Å². The molecule has 0 aliphatic carbocycles. The average molecular weight is 450 g/mol. The van der Waals surface area contributed by atoms with E-state index in [-0.39, 0.29) is 28.2 Å². The minimum absolute atomic E-state index is 0.0565. The number of benzene rings is 2. The Hall–Kier alpha value is -3.72. The Morgan fingerprint density at radius 1 is 1.09 bits per heavy atom. The fourth-order valence-corrected chi connectivity index (χ4v) is 4.53. The summed E-state index contributed by atoms with van der Waals surface area (Å²) in [5, 5.41) is 0.483. The number of carbonyl (C=O) groups excluding carboxylic acids is 1. The van der Waals surface area contributed by atoms with Crippen LogP contribution in [0.5, 0.6) is 0 Å². The van der Waals surface area contributed by atoms with E-state index in [0.29, 0.717) is 22.2 Å². The second-order valence-corrected chi connectivity index (χ2v) is 9.51. The number of aromatic nitrogens is 3. The van der Waals surface area contributed by atoms with Gasteiger partial charge in [0.1, 0.15) is 17.8 Å². The summed E-state index contributed by atoms with van der Waals surface area (Å²) < 4.78 is 29.9. The number of anilines is 2. The number of nitrogens with zero attached hydrogens (tertiary/aromatic N) is 3. The summed E-state index contributed by atoms with van der Waals surface area (Å²) in [6, 6.07) is 12.9. The van der Waals surface area contributed by atoms with Crippen LogP contribution in [0.15, 0.2) is 66.0 Å². The van der Waals surface area contributed by atoms with Crippen LogP contribution in [0.4, 0.5) is 11.5 Å². The maximum atomic E-state index is 13.4. The number of nitrogen functional groups attached to an aromatic ring is 1. The van der Waals surface area contributed by atoms with Gasteiger partial charge in [0, 0.05) is 23.5 Å². The van der Waals surface area contributed by atoms with Crippen LogP contribution in [-0.2, 0) is 10.0 Å². The molecule has 0 spiro atoms. The van der Waals surface area contributed by atoms with Crippen molar-refractivity contribution in [3.8, 4) is 0 Å². The van der Waals surface area contributed by atoms with Crippen LogP contribution in [-0.4, -0.2) is 28.7 Å². The number of carbonyl (C=O) groups is 1. The first-order valence-corrected chi connectivity index (χ1v) is 11.5. The van der Waals surface area contributed by atoms with Gasteiger partial charge in [-0.2, -0.15) is 0 Å². The van der Waals surface area contributed by atoms with E-state index in [9.17, 15) is 13.2 Å². The molecule has 2 heterocycles. The van der Waals surface area contributed by atoms with E-state index in [1.807, 2.05) is 25.3 Å². The Kier molecular flexibility index (Phi) is 5.43. The van der Waals surface area contributed by atoms with E-state index >= 15 is 0 Å². The molecule has 4 rings (SSSR count). The number of nitrogens with two attached hydrogens (primary N) is 1. The Balaban J connectivity index is 1.71. The van der Waals surface area contributed by atoms with Crippen LogP contribution in [0.2, 0.25) is 0 Å². The largest absolute Gasteiger partial charge is 0.383 e. The lowest BCUT2D eigenvalue weighted by Crippen LogP contribution is -2.13. The molecule has 0 saturated carbocycles. The van der Waals surface area contributed by atoms with Crippen molar-refractivity contribution in [2.45, 2.75) is 31.7 Å². The van der Waals surface area contributed by atoms with Gasteiger partial charge in [0.25, 0.3) is 10.0 Å². The molecule has 2 aromatic heterocycles. The molecule has 2 aromatic carbocycles. The highest BCUT2D eigenvalue weighted by Crippen LogP contribution is 2.29. The number of sulfonamides is 1. The van der Waals surface area contributed by atoms with Crippen LogP contribution < -0.4 is 10.5 Å². The van der Waals surface area contributed by atoms with Gasteiger partial charge in [-0.15, -0.1) is 0 Å². The number of fused-ring (bicyclic) bond motifs is 1.